The molecule has 3 N–H and O–H groups in total. The van der Waals surface area contributed by atoms with Crippen molar-refractivity contribution >= 4 is 5.82 Å². The maximum absolute atomic E-state index is 5.56. The molecule has 1 heterocycles. The Morgan fingerprint density at radius 2 is 2.12 bits per heavy atom. The van der Waals surface area contributed by atoms with Crippen LogP contribution in [0.15, 0.2) is 6.20 Å². The minimum atomic E-state index is 0.619. The third-order valence-electron chi connectivity index (χ3n) is 2.92. The maximum atomic E-state index is 5.56. The Labute approximate surface area is 97.7 Å². The third kappa shape index (κ3) is 3.77. The van der Waals surface area contributed by atoms with Crippen LogP contribution in [0.25, 0.3) is 0 Å². The second-order valence-corrected chi connectivity index (χ2v) is 4.16. The lowest BCUT2D eigenvalue weighted by Crippen LogP contribution is -2.18. The molecule has 0 aliphatic heterocycles. The van der Waals surface area contributed by atoms with Crippen LogP contribution in [-0.2, 0) is 0 Å². The summed E-state index contributed by atoms with van der Waals surface area (Å²) < 4.78 is 0. The van der Waals surface area contributed by atoms with Crippen molar-refractivity contribution in [2.24, 2.45) is 11.7 Å². The molecule has 1 aromatic heterocycles. The van der Waals surface area contributed by atoms with Gasteiger partial charge in [-0.2, -0.15) is 0 Å². The summed E-state index contributed by atoms with van der Waals surface area (Å²) in [7, 11) is 0. The minimum Gasteiger partial charge on any atom is -0.369 e. The van der Waals surface area contributed by atoms with Gasteiger partial charge in [-0.05, 0) is 32.7 Å². The number of hydrogen-bond donors (Lipinski definition) is 2. The van der Waals surface area contributed by atoms with Crippen LogP contribution in [0, 0.1) is 19.8 Å². The van der Waals surface area contributed by atoms with Crippen LogP contribution < -0.4 is 11.1 Å². The van der Waals surface area contributed by atoms with E-state index in [1.807, 2.05) is 13.8 Å². The third-order valence-corrected chi connectivity index (χ3v) is 2.92. The van der Waals surface area contributed by atoms with Crippen LogP contribution in [0.2, 0.25) is 0 Å². The fourth-order valence-corrected chi connectivity index (χ4v) is 1.56. The molecule has 0 amide bonds. The Bertz CT molecular complexity index is 325. The van der Waals surface area contributed by atoms with Gasteiger partial charge in [-0.25, -0.2) is 4.98 Å². The number of aromatic nitrogens is 2. The van der Waals surface area contributed by atoms with Gasteiger partial charge in [-0.3, -0.25) is 4.98 Å². The summed E-state index contributed by atoms with van der Waals surface area (Å²) >= 11 is 0. The lowest BCUT2D eigenvalue weighted by molar-refractivity contribution is 0.501. The van der Waals surface area contributed by atoms with Gasteiger partial charge in [0, 0.05) is 6.54 Å². The number of nitrogens with zero attached hydrogens (tertiary/aromatic N) is 2. The Morgan fingerprint density at radius 3 is 2.69 bits per heavy atom. The highest BCUT2D eigenvalue weighted by Crippen LogP contribution is 2.10. The van der Waals surface area contributed by atoms with Gasteiger partial charge in [0.15, 0.2) is 0 Å². The van der Waals surface area contributed by atoms with E-state index in [-0.39, 0.29) is 0 Å². The average Bonchev–Trinajstić information content (AvgIpc) is 2.28. The van der Waals surface area contributed by atoms with Gasteiger partial charge < -0.3 is 11.1 Å². The standard InChI is InChI=1S/C12H22N4/c1-4-11(5-6-13)7-15-12-8-14-9(2)10(3)16-12/h8,11H,4-7,13H2,1-3H3,(H,15,16). The van der Waals surface area contributed by atoms with E-state index in [2.05, 4.69) is 22.2 Å². The van der Waals surface area contributed by atoms with Crippen LogP contribution >= 0.6 is 0 Å². The SMILES string of the molecule is CCC(CCN)CNc1cnc(C)c(C)n1. The highest BCUT2D eigenvalue weighted by atomic mass is 15.0. The molecule has 1 aromatic rings. The number of rotatable bonds is 6. The predicted molar refractivity (Wildman–Crippen MR) is 67.4 cm³/mol. The fourth-order valence-electron chi connectivity index (χ4n) is 1.56. The molecule has 0 fully saturated rings. The van der Waals surface area contributed by atoms with Gasteiger partial charge in [0.1, 0.15) is 5.82 Å². The maximum Gasteiger partial charge on any atom is 0.144 e. The largest absolute Gasteiger partial charge is 0.369 e. The number of nitrogens with two attached hydrogens (primary N) is 1. The van der Waals surface area contributed by atoms with Crippen molar-refractivity contribution < 1.29 is 0 Å². The van der Waals surface area contributed by atoms with Crippen LogP contribution in [-0.4, -0.2) is 23.1 Å². The zero-order chi connectivity index (χ0) is 12.0. The van der Waals surface area contributed by atoms with Gasteiger partial charge in [0.05, 0.1) is 17.6 Å². The molecule has 90 valence electrons. The lowest BCUT2D eigenvalue weighted by Gasteiger charge is -2.15. The molecule has 0 radical (unpaired) electrons. The summed E-state index contributed by atoms with van der Waals surface area (Å²) in [5.74, 6) is 1.48. The zero-order valence-electron chi connectivity index (χ0n) is 10.5. The molecule has 1 rings (SSSR count). The van der Waals surface area contributed by atoms with Crippen molar-refractivity contribution in [1.82, 2.24) is 9.97 Å². The predicted octanol–water partition coefficient (Wildman–Crippen LogP) is 1.88. The summed E-state index contributed by atoms with van der Waals surface area (Å²) in [6.45, 7) is 7.80. The molecule has 1 atom stereocenters. The second kappa shape index (κ2) is 6.43. The van der Waals surface area contributed by atoms with E-state index in [4.69, 9.17) is 5.73 Å². The highest BCUT2D eigenvalue weighted by molar-refractivity contribution is 5.33. The highest BCUT2D eigenvalue weighted by Gasteiger charge is 2.06. The van der Waals surface area contributed by atoms with Crippen molar-refractivity contribution in [2.45, 2.75) is 33.6 Å². The first kappa shape index (κ1) is 12.9. The summed E-state index contributed by atoms with van der Waals surface area (Å²) in [5.41, 5.74) is 7.53. The van der Waals surface area contributed by atoms with Gasteiger partial charge >= 0.3 is 0 Å². The van der Waals surface area contributed by atoms with E-state index >= 15 is 0 Å². The van der Waals surface area contributed by atoms with Gasteiger partial charge in [-0.1, -0.05) is 13.3 Å². The Hall–Kier alpha value is -1.16. The summed E-state index contributed by atoms with van der Waals surface area (Å²) in [6, 6.07) is 0. The van der Waals surface area contributed by atoms with Crippen molar-refractivity contribution in [2.75, 3.05) is 18.4 Å². The summed E-state index contributed by atoms with van der Waals surface area (Å²) in [5, 5.41) is 3.32. The molecule has 0 aliphatic carbocycles. The van der Waals surface area contributed by atoms with Crippen molar-refractivity contribution in [1.29, 1.82) is 0 Å². The van der Waals surface area contributed by atoms with Crippen LogP contribution in [0.1, 0.15) is 31.2 Å². The molecule has 0 saturated carbocycles. The Kier molecular flexibility index (Phi) is 5.19. The monoisotopic (exact) mass is 222 g/mol. The van der Waals surface area contributed by atoms with Crippen molar-refractivity contribution in [3.05, 3.63) is 17.6 Å². The van der Waals surface area contributed by atoms with E-state index in [1.165, 1.54) is 0 Å². The first-order valence-corrected chi connectivity index (χ1v) is 5.91. The molecule has 0 saturated heterocycles. The molecule has 4 heteroatoms. The normalized spacial score (nSPS) is 12.5. The average molecular weight is 222 g/mol. The van der Waals surface area contributed by atoms with E-state index in [0.29, 0.717) is 5.92 Å². The molecule has 0 bridgehead atoms. The summed E-state index contributed by atoms with van der Waals surface area (Å²) in [4.78, 5) is 8.71. The van der Waals surface area contributed by atoms with E-state index < -0.39 is 0 Å². The Balaban J connectivity index is 2.50. The van der Waals surface area contributed by atoms with Crippen LogP contribution in [0.4, 0.5) is 5.82 Å². The lowest BCUT2D eigenvalue weighted by atomic mass is 10.0. The number of anilines is 1. The van der Waals surface area contributed by atoms with Crippen LogP contribution in [0.5, 0.6) is 0 Å². The number of nitrogens with one attached hydrogen (secondary N) is 1. The van der Waals surface area contributed by atoms with Gasteiger partial charge in [-0.15, -0.1) is 0 Å². The van der Waals surface area contributed by atoms with E-state index in [1.54, 1.807) is 6.20 Å². The molecule has 16 heavy (non-hydrogen) atoms. The smallest absolute Gasteiger partial charge is 0.144 e. The van der Waals surface area contributed by atoms with Gasteiger partial charge in [0.2, 0.25) is 0 Å². The molecule has 1 unspecified atom stereocenters. The molecular formula is C12H22N4. The Morgan fingerprint density at radius 1 is 1.38 bits per heavy atom. The van der Waals surface area contributed by atoms with E-state index in [0.717, 1.165) is 43.1 Å². The minimum absolute atomic E-state index is 0.619. The van der Waals surface area contributed by atoms with Crippen molar-refractivity contribution in [3.8, 4) is 0 Å². The molecule has 0 aromatic carbocycles. The summed E-state index contributed by atoms with van der Waals surface area (Å²) in [6.07, 6.45) is 3.99. The molecule has 0 spiro atoms. The number of aryl methyl sites for hydroxylation is 2. The molecule has 0 aliphatic rings. The van der Waals surface area contributed by atoms with Crippen molar-refractivity contribution in [3.63, 3.8) is 0 Å². The van der Waals surface area contributed by atoms with Crippen LogP contribution in [0.3, 0.4) is 0 Å². The van der Waals surface area contributed by atoms with Gasteiger partial charge in [0.25, 0.3) is 0 Å². The molecule has 4 nitrogen and oxygen atoms in total. The zero-order valence-corrected chi connectivity index (χ0v) is 10.5. The first-order valence-electron chi connectivity index (χ1n) is 5.91. The second-order valence-electron chi connectivity index (χ2n) is 4.16. The fraction of sp³-hybridized carbons (Fsp3) is 0.667. The quantitative estimate of drug-likeness (QED) is 0.771. The first-order chi connectivity index (χ1) is 7.67. The molecular weight excluding hydrogens is 200 g/mol. The van der Waals surface area contributed by atoms with E-state index in [9.17, 15) is 0 Å². The number of hydrogen-bond acceptors (Lipinski definition) is 4. The topological polar surface area (TPSA) is 63.8 Å².